The smallest absolute Gasteiger partial charge is 0.214 e. The number of ketones is 1. The second-order valence-corrected chi connectivity index (χ2v) is 5.76. The molecule has 0 spiro atoms. The number of aromatic nitrogens is 1. The number of hydrogen-bond donors (Lipinski definition) is 2. The number of halogens is 1. The summed E-state index contributed by atoms with van der Waals surface area (Å²) in [4.78, 5) is 19.8. The zero-order valence-corrected chi connectivity index (χ0v) is 12.3. The average Bonchev–Trinajstić information content (AvgIpc) is 2.95. The van der Waals surface area contributed by atoms with Gasteiger partial charge in [0.2, 0.25) is 5.78 Å². The van der Waals surface area contributed by atoms with Crippen LogP contribution in [0, 0.1) is 0 Å². The fourth-order valence-electron chi connectivity index (χ4n) is 2.63. The highest BCUT2D eigenvalue weighted by molar-refractivity contribution is 9.10. The first kappa shape index (κ1) is 12.3. The Labute approximate surface area is 128 Å². The Hall–Kier alpha value is -2.40. The number of aromatic amines is 1. The SMILES string of the molecule is O=C1C(c2c(O)[nH]c3cc(Br)ccc23)=Nc2ccccc21. The molecule has 2 aromatic carbocycles. The molecule has 0 atom stereocenters. The quantitative estimate of drug-likeness (QED) is 0.704. The van der Waals surface area contributed by atoms with Crippen LogP contribution in [0.2, 0.25) is 0 Å². The van der Waals surface area contributed by atoms with Crippen molar-refractivity contribution in [1.29, 1.82) is 0 Å². The second kappa shape index (κ2) is 4.30. The summed E-state index contributed by atoms with van der Waals surface area (Å²) in [6.07, 6.45) is 0. The minimum atomic E-state index is -0.162. The third-order valence-corrected chi connectivity index (χ3v) is 4.07. The van der Waals surface area contributed by atoms with Crippen molar-refractivity contribution < 1.29 is 9.90 Å². The van der Waals surface area contributed by atoms with E-state index < -0.39 is 0 Å². The Balaban J connectivity index is 1.97. The van der Waals surface area contributed by atoms with E-state index in [0.717, 1.165) is 15.4 Å². The maximum atomic E-state index is 12.5. The molecule has 102 valence electrons. The van der Waals surface area contributed by atoms with Crippen LogP contribution in [0.1, 0.15) is 15.9 Å². The maximum Gasteiger partial charge on any atom is 0.214 e. The third kappa shape index (κ3) is 1.74. The maximum absolute atomic E-state index is 12.5. The number of nitrogens with zero attached hydrogens (tertiary/aromatic N) is 1. The number of hydrogen-bond acceptors (Lipinski definition) is 3. The lowest BCUT2D eigenvalue weighted by molar-refractivity contribution is 0.107. The summed E-state index contributed by atoms with van der Waals surface area (Å²) in [5.74, 6) is -0.201. The van der Waals surface area contributed by atoms with Crippen LogP contribution in [0.25, 0.3) is 10.9 Å². The second-order valence-electron chi connectivity index (χ2n) is 4.85. The van der Waals surface area contributed by atoms with E-state index in [1.54, 1.807) is 18.2 Å². The van der Waals surface area contributed by atoms with Gasteiger partial charge in [0.1, 0.15) is 5.71 Å². The van der Waals surface area contributed by atoms with Crippen LogP contribution in [-0.2, 0) is 0 Å². The molecule has 1 aromatic heterocycles. The number of carbonyl (C=O) groups is 1. The molecule has 0 radical (unpaired) electrons. The molecule has 5 heteroatoms. The molecule has 2 N–H and O–H groups in total. The zero-order chi connectivity index (χ0) is 14.6. The van der Waals surface area contributed by atoms with Crippen molar-refractivity contribution in [3.8, 4) is 5.88 Å². The number of aromatic hydroxyl groups is 1. The minimum absolute atomic E-state index is 0.0389. The van der Waals surface area contributed by atoms with E-state index in [4.69, 9.17) is 0 Å². The van der Waals surface area contributed by atoms with Gasteiger partial charge >= 0.3 is 0 Å². The molecule has 21 heavy (non-hydrogen) atoms. The van der Waals surface area contributed by atoms with Crippen molar-refractivity contribution >= 4 is 44.0 Å². The fourth-order valence-corrected chi connectivity index (χ4v) is 2.99. The van der Waals surface area contributed by atoms with E-state index in [0.29, 0.717) is 16.8 Å². The number of carbonyl (C=O) groups excluding carboxylic acids is 1. The van der Waals surface area contributed by atoms with Crippen LogP contribution in [0.3, 0.4) is 0 Å². The number of para-hydroxylation sites is 1. The van der Waals surface area contributed by atoms with Gasteiger partial charge in [0.05, 0.1) is 16.8 Å². The standard InChI is InChI=1S/C16H9BrN2O2/c17-8-5-6-9-12(7-8)19-16(21)13(9)14-15(20)10-3-1-2-4-11(10)18-14/h1-7,19,21H. The molecule has 0 unspecified atom stereocenters. The van der Waals surface area contributed by atoms with Crippen LogP contribution in [-0.4, -0.2) is 21.6 Å². The van der Waals surface area contributed by atoms with Gasteiger partial charge in [-0.25, -0.2) is 4.99 Å². The molecule has 1 aliphatic heterocycles. The van der Waals surface area contributed by atoms with Gasteiger partial charge in [-0.15, -0.1) is 0 Å². The Kier molecular flexibility index (Phi) is 2.53. The van der Waals surface area contributed by atoms with E-state index >= 15 is 0 Å². The van der Waals surface area contributed by atoms with Gasteiger partial charge in [-0.05, 0) is 24.3 Å². The molecule has 0 aliphatic carbocycles. The largest absolute Gasteiger partial charge is 0.494 e. The van der Waals surface area contributed by atoms with Crippen LogP contribution >= 0.6 is 15.9 Å². The van der Waals surface area contributed by atoms with Gasteiger partial charge < -0.3 is 10.1 Å². The number of aliphatic imine (C=N–C) groups is 1. The summed E-state index contributed by atoms with van der Waals surface area (Å²) in [6, 6.07) is 12.8. The van der Waals surface area contributed by atoms with Crippen molar-refractivity contribution in [2.45, 2.75) is 0 Å². The monoisotopic (exact) mass is 340 g/mol. The minimum Gasteiger partial charge on any atom is -0.494 e. The molecular formula is C16H9BrN2O2. The van der Waals surface area contributed by atoms with Crippen LogP contribution in [0.5, 0.6) is 5.88 Å². The van der Waals surface area contributed by atoms with E-state index in [1.807, 2.05) is 24.3 Å². The topological polar surface area (TPSA) is 65.4 Å². The number of benzene rings is 2. The Morgan fingerprint density at radius 1 is 1.14 bits per heavy atom. The molecule has 4 rings (SSSR count). The molecule has 0 fully saturated rings. The normalized spacial score (nSPS) is 13.6. The highest BCUT2D eigenvalue weighted by atomic mass is 79.9. The molecule has 0 saturated heterocycles. The lowest BCUT2D eigenvalue weighted by Crippen LogP contribution is -2.10. The van der Waals surface area contributed by atoms with Crippen LogP contribution in [0.4, 0.5) is 5.69 Å². The highest BCUT2D eigenvalue weighted by Crippen LogP contribution is 2.35. The molecule has 1 aliphatic rings. The highest BCUT2D eigenvalue weighted by Gasteiger charge is 2.29. The van der Waals surface area contributed by atoms with E-state index in [9.17, 15) is 9.90 Å². The molecular weight excluding hydrogens is 332 g/mol. The number of fused-ring (bicyclic) bond motifs is 2. The predicted octanol–water partition coefficient (Wildman–Crippen LogP) is 3.95. The molecule has 0 saturated carbocycles. The van der Waals surface area contributed by atoms with Gasteiger partial charge in [0.15, 0.2) is 5.88 Å². The number of rotatable bonds is 1. The Morgan fingerprint density at radius 3 is 2.76 bits per heavy atom. The summed E-state index contributed by atoms with van der Waals surface area (Å²) in [7, 11) is 0. The summed E-state index contributed by atoms with van der Waals surface area (Å²) < 4.78 is 0.894. The molecule has 2 heterocycles. The number of nitrogens with one attached hydrogen (secondary N) is 1. The predicted molar refractivity (Wildman–Crippen MR) is 84.6 cm³/mol. The summed E-state index contributed by atoms with van der Waals surface area (Å²) in [5.41, 5.74) is 2.70. The lowest BCUT2D eigenvalue weighted by atomic mass is 10.0. The molecule has 4 nitrogen and oxygen atoms in total. The molecule has 0 amide bonds. The average molecular weight is 341 g/mol. The zero-order valence-electron chi connectivity index (χ0n) is 10.7. The van der Waals surface area contributed by atoms with Crippen molar-refractivity contribution in [1.82, 2.24) is 4.98 Å². The summed E-state index contributed by atoms with van der Waals surface area (Å²) >= 11 is 3.39. The van der Waals surface area contributed by atoms with Crippen LogP contribution in [0.15, 0.2) is 51.9 Å². The first-order valence-corrected chi connectivity index (χ1v) is 7.17. The van der Waals surface area contributed by atoms with Crippen molar-refractivity contribution in [2.75, 3.05) is 0 Å². The van der Waals surface area contributed by atoms with Gasteiger partial charge in [-0.1, -0.05) is 34.1 Å². The van der Waals surface area contributed by atoms with Gasteiger partial charge in [0.25, 0.3) is 0 Å². The number of Topliss-reactive ketones (excluding diaryl/α,β-unsaturated/α-hetero) is 1. The molecule has 0 bridgehead atoms. The van der Waals surface area contributed by atoms with Gasteiger partial charge in [0, 0.05) is 15.4 Å². The van der Waals surface area contributed by atoms with Crippen molar-refractivity contribution in [2.24, 2.45) is 4.99 Å². The van der Waals surface area contributed by atoms with Crippen LogP contribution < -0.4 is 0 Å². The fraction of sp³-hybridized carbons (Fsp3) is 0. The van der Waals surface area contributed by atoms with E-state index in [1.165, 1.54) is 0 Å². The van der Waals surface area contributed by atoms with Gasteiger partial charge in [-0.2, -0.15) is 0 Å². The molecule has 3 aromatic rings. The summed E-state index contributed by atoms with van der Waals surface area (Å²) in [5, 5.41) is 11.0. The Morgan fingerprint density at radius 2 is 1.95 bits per heavy atom. The first-order chi connectivity index (χ1) is 10.1. The number of H-pyrrole nitrogens is 1. The van der Waals surface area contributed by atoms with E-state index in [2.05, 4.69) is 25.9 Å². The first-order valence-electron chi connectivity index (χ1n) is 6.38. The van der Waals surface area contributed by atoms with Crippen molar-refractivity contribution in [3.63, 3.8) is 0 Å². The van der Waals surface area contributed by atoms with Gasteiger partial charge in [-0.3, -0.25) is 4.79 Å². The lowest BCUT2D eigenvalue weighted by Gasteiger charge is -1.99. The van der Waals surface area contributed by atoms with Crippen molar-refractivity contribution in [3.05, 3.63) is 58.1 Å². The third-order valence-electron chi connectivity index (χ3n) is 3.57. The summed E-state index contributed by atoms with van der Waals surface area (Å²) in [6.45, 7) is 0. The van der Waals surface area contributed by atoms with E-state index in [-0.39, 0.29) is 17.4 Å². The Bertz CT molecular complexity index is 941.